The summed E-state index contributed by atoms with van der Waals surface area (Å²) >= 11 is 0. The predicted octanol–water partition coefficient (Wildman–Crippen LogP) is 4.30. The van der Waals surface area contributed by atoms with Gasteiger partial charge in [-0.15, -0.1) is 6.42 Å². The molecule has 0 unspecified atom stereocenters. The normalized spacial score (nSPS) is 39.3. The van der Waals surface area contributed by atoms with Crippen LogP contribution in [0.15, 0.2) is 16.8 Å². The van der Waals surface area contributed by atoms with Gasteiger partial charge in [0, 0.05) is 5.41 Å². The average molecular weight is 499 g/mol. The minimum Gasteiger partial charge on any atom is -0.480 e. The number of fused-ring (bicyclic) bond motifs is 5. The molecule has 7 heteroatoms. The molecular weight excluding hydrogens is 456 g/mol. The smallest absolute Gasteiger partial charge is 0.326 e. The number of amides is 1. The van der Waals surface area contributed by atoms with Crippen molar-refractivity contribution in [2.45, 2.75) is 97.1 Å². The summed E-state index contributed by atoms with van der Waals surface area (Å²) in [5.41, 5.74) is 1.20. The van der Waals surface area contributed by atoms with E-state index >= 15 is 0 Å². The number of carboxylic acids is 1. The van der Waals surface area contributed by atoms with Crippen molar-refractivity contribution in [2.75, 3.05) is 6.61 Å². The molecule has 4 rings (SSSR count). The van der Waals surface area contributed by atoms with E-state index in [0.717, 1.165) is 50.7 Å². The Labute approximate surface area is 215 Å². The quantitative estimate of drug-likeness (QED) is 0.358. The third-order valence-electron chi connectivity index (χ3n) is 10.1. The second-order valence-electron chi connectivity index (χ2n) is 12.4. The Bertz CT molecular complexity index is 996. The Morgan fingerprint density at radius 2 is 1.92 bits per heavy atom. The van der Waals surface area contributed by atoms with E-state index in [1.54, 1.807) is 0 Å². The van der Waals surface area contributed by atoms with Gasteiger partial charge in [0.1, 0.15) is 11.6 Å². The number of hydrogen-bond acceptors (Lipinski definition) is 5. The van der Waals surface area contributed by atoms with E-state index in [0.29, 0.717) is 30.6 Å². The summed E-state index contributed by atoms with van der Waals surface area (Å²) in [7, 11) is 0. The maximum atomic E-state index is 12.2. The number of oxime groups is 1. The number of carbonyl (C=O) groups excluding carboxylic acids is 1. The van der Waals surface area contributed by atoms with Crippen LogP contribution in [-0.2, 0) is 14.4 Å². The number of nitrogens with one attached hydrogen (secondary N) is 1. The van der Waals surface area contributed by atoms with Crippen LogP contribution in [0.25, 0.3) is 0 Å². The van der Waals surface area contributed by atoms with Gasteiger partial charge in [-0.25, -0.2) is 4.79 Å². The first-order chi connectivity index (χ1) is 16.9. The van der Waals surface area contributed by atoms with Gasteiger partial charge in [0.05, 0.1) is 5.71 Å². The molecule has 0 bridgehead atoms. The van der Waals surface area contributed by atoms with E-state index in [2.05, 4.69) is 36.3 Å². The Hall–Kier alpha value is -2.33. The lowest BCUT2D eigenvalue weighted by atomic mass is 9.46. The molecule has 0 heterocycles. The molecular formula is C29H42N2O5. The zero-order valence-corrected chi connectivity index (χ0v) is 22.2. The number of rotatable bonds is 7. The zero-order valence-electron chi connectivity index (χ0n) is 22.2. The summed E-state index contributed by atoms with van der Waals surface area (Å²) in [4.78, 5) is 28.9. The second kappa shape index (κ2) is 9.85. The molecule has 3 saturated carbocycles. The van der Waals surface area contributed by atoms with E-state index in [1.807, 2.05) is 13.8 Å². The molecule has 0 aliphatic heterocycles. The lowest BCUT2D eigenvalue weighted by Crippen LogP contribution is -2.54. The van der Waals surface area contributed by atoms with E-state index in [1.165, 1.54) is 5.57 Å². The maximum absolute atomic E-state index is 12.2. The first-order valence-electron chi connectivity index (χ1n) is 13.6. The van der Waals surface area contributed by atoms with E-state index in [9.17, 15) is 19.8 Å². The zero-order chi connectivity index (χ0) is 26.3. The lowest BCUT2D eigenvalue weighted by Gasteiger charge is -2.58. The molecule has 0 aromatic rings. The topological polar surface area (TPSA) is 108 Å². The summed E-state index contributed by atoms with van der Waals surface area (Å²) in [6, 6.07) is -0.921. The van der Waals surface area contributed by atoms with Gasteiger partial charge in [-0.05, 0) is 93.0 Å². The molecule has 3 fully saturated rings. The fourth-order valence-electron chi connectivity index (χ4n) is 8.00. The summed E-state index contributed by atoms with van der Waals surface area (Å²) in [5, 5.41) is 27.2. The van der Waals surface area contributed by atoms with Crippen molar-refractivity contribution in [3.8, 4) is 12.3 Å². The van der Waals surface area contributed by atoms with Crippen molar-refractivity contribution in [3.05, 3.63) is 11.6 Å². The first-order valence-corrected chi connectivity index (χ1v) is 13.6. The monoisotopic (exact) mass is 498 g/mol. The second-order valence-corrected chi connectivity index (χ2v) is 12.4. The van der Waals surface area contributed by atoms with Crippen molar-refractivity contribution < 1.29 is 24.6 Å². The third-order valence-corrected chi connectivity index (χ3v) is 10.1. The molecule has 7 atom stereocenters. The minimum absolute atomic E-state index is 0.114. The summed E-state index contributed by atoms with van der Waals surface area (Å²) in [6.45, 7) is 8.15. The fourth-order valence-corrected chi connectivity index (χ4v) is 8.00. The molecule has 0 radical (unpaired) electrons. The largest absolute Gasteiger partial charge is 0.480 e. The van der Waals surface area contributed by atoms with Crippen molar-refractivity contribution >= 4 is 17.6 Å². The number of terminal acetylenes is 1. The van der Waals surface area contributed by atoms with Crippen LogP contribution in [0, 0.1) is 46.8 Å². The Kier molecular flexibility index (Phi) is 7.31. The Morgan fingerprint density at radius 1 is 1.19 bits per heavy atom. The van der Waals surface area contributed by atoms with Gasteiger partial charge in [-0.3, -0.25) is 4.79 Å². The molecule has 4 aliphatic rings. The summed E-state index contributed by atoms with van der Waals surface area (Å²) in [5.74, 6) is 3.03. The predicted molar refractivity (Wildman–Crippen MR) is 138 cm³/mol. The van der Waals surface area contributed by atoms with Crippen molar-refractivity contribution in [1.82, 2.24) is 5.32 Å². The Morgan fingerprint density at radius 3 is 2.58 bits per heavy atom. The number of aliphatic carboxylic acids is 1. The van der Waals surface area contributed by atoms with Gasteiger partial charge in [0.15, 0.2) is 6.61 Å². The molecule has 36 heavy (non-hydrogen) atoms. The molecule has 0 saturated heterocycles. The highest BCUT2D eigenvalue weighted by atomic mass is 16.6. The number of carboxylic acid groups (broad SMARTS) is 1. The number of carbonyl (C=O) groups is 2. The highest BCUT2D eigenvalue weighted by Gasteiger charge is 2.63. The molecule has 7 nitrogen and oxygen atoms in total. The van der Waals surface area contributed by atoms with Crippen LogP contribution in [0.4, 0.5) is 0 Å². The number of aliphatic hydroxyl groups is 1. The van der Waals surface area contributed by atoms with E-state index in [4.69, 9.17) is 11.3 Å². The van der Waals surface area contributed by atoms with Crippen LogP contribution in [0.2, 0.25) is 0 Å². The van der Waals surface area contributed by atoms with Crippen molar-refractivity contribution in [3.63, 3.8) is 0 Å². The summed E-state index contributed by atoms with van der Waals surface area (Å²) < 4.78 is 0. The standard InChI is InChI=1S/C29H42N2O5/c1-6-29(35)14-11-23-21-8-7-19-16-20(9-12-27(19,4)22(21)10-13-28(23,29)5)31-36-17-25(32)30-24(26(33)34)15-18(2)3/h1,16,18,21-24,35H,7-15,17H2,2-5H3,(H,30,32)(H,33,34)/b31-20+/t21-,22+,23+,24-,27+,28+,29-/m1/s1. The number of allylic oxidation sites excluding steroid dienone is 2. The van der Waals surface area contributed by atoms with Crippen LogP contribution in [0.1, 0.15) is 85.5 Å². The first kappa shape index (κ1) is 26.7. The van der Waals surface area contributed by atoms with Crippen molar-refractivity contribution in [1.29, 1.82) is 0 Å². The summed E-state index contributed by atoms with van der Waals surface area (Å²) in [6.07, 6.45) is 16.0. The SMILES string of the molecule is C#C[C@@]1(O)CC[C@H]2[C@@H]3CCC4=C/C(=N/OCC(=O)N[C@H](CC(C)C)C(=O)O)CC[C@]4(C)[C@H]3CC[C@@]21C. The van der Waals surface area contributed by atoms with Gasteiger partial charge in [0.2, 0.25) is 0 Å². The van der Waals surface area contributed by atoms with Crippen LogP contribution < -0.4 is 5.32 Å². The van der Waals surface area contributed by atoms with Gasteiger partial charge in [-0.2, -0.15) is 0 Å². The molecule has 1 amide bonds. The maximum Gasteiger partial charge on any atom is 0.326 e. The van der Waals surface area contributed by atoms with Gasteiger partial charge in [-0.1, -0.05) is 44.3 Å². The molecule has 0 spiro atoms. The third kappa shape index (κ3) is 4.58. The van der Waals surface area contributed by atoms with Crippen molar-refractivity contribution in [2.24, 2.45) is 39.7 Å². The fraction of sp³-hybridized carbons (Fsp3) is 0.759. The number of nitrogens with zero attached hydrogens (tertiary/aromatic N) is 1. The van der Waals surface area contributed by atoms with Crippen LogP contribution >= 0.6 is 0 Å². The van der Waals surface area contributed by atoms with Gasteiger partial charge >= 0.3 is 5.97 Å². The average Bonchev–Trinajstić information content (AvgIpc) is 3.09. The molecule has 198 valence electrons. The highest BCUT2D eigenvalue weighted by molar-refractivity contribution is 5.96. The molecule has 0 aromatic heterocycles. The van der Waals surface area contributed by atoms with E-state index in [-0.39, 0.29) is 23.4 Å². The van der Waals surface area contributed by atoms with Crippen LogP contribution in [0.3, 0.4) is 0 Å². The lowest BCUT2D eigenvalue weighted by molar-refractivity contribution is -0.143. The molecule has 0 aromatic carbocycles. The van der Waals surface area contributed by atoms with Gasteiger partial charge in [0.25, 0.3) is 5.91 Å². The Balaban J connectivity index is 1.39. The van der Waals surface area contributed by atoms with Crippen LogP contribution in [-0.4, -0.2) is 46.1 Å². The van der Waals surface area contributed by atoms with E-state index < -0.39 is 23.5 Å². The highest BCUT2D eigenvalue weighted by Crippen LogP contribution is 2.67. The minimum atomic E-state index is -1.04. The number of hydrogen-bond donors (Lipinski definition) is 3. The van der Waals surface area contributed by atoms with Crippen LogP contribution in [0.5, 0.6) is 0 Å². The van der Waals surface area contributed by atoms with Gasteiger partial charge < -0.3 is 20.4 Å². The molecule has 4 aliphatic carbocycles. The molecule has 3 N–H and O–H groups in total.